The van der Waals surface area contributed by atoms with Crippen molar-refractivity contribution in [3.8, 4) is 5.75 Å². The predicted octanol–water partition coefficient (Wildman–Crippen LogP) is 3.10. The number of carbonyl (C=O) groups excluding carboxylic acids is 1. The summed E-state index contributed by atoms with van der Waals surface area (Å²) in [6.45, 7) is 7.18. The van der Waals surface area contributed by atoms with E-state index in [1.165, 1.54) is 0 Å². The first-order valence-electron chi connectivity index (χ1n) is 7.26. The molecule has 0 aliphatic carbocycles. The summed E-state index contributed by atoms with van der Waals surface area (Å²) in [5, 5.41) is 0.741. The van der Waals surface area contributed by atoms with Crippen molar-refractivity contribution in [1.29, 1.82) is 0 Å². The van der Waals surface area contributed by atoms with E-state index < -0.39 is 0 Å². The van der Waals surface area contributed by atoms with Crippen LogP contribution in [0.3, 0.4) is 0 Å². The number of benzene rings is 1. The number of nitrogens with zero attached hydrogens (tertiary/aromatic N) is 1. The van der Waals surface area contributed by atoms with Crippen LogP contribution >= 0.6 is 15.9 Å². The van der Waals surface area contributed by atoms with Crippen LogP contribution in [0.15, 0.2) is 24.3 Å². The summed E-state index contributed by atoms with van der Waals surface area (Å²) in [4.78, 5) is 14.5. The molecule has 0 radical (unpaired) electrons. The molecule has 0 saturated carbocycles. The number of hydrogen-bond donors (Lipinski definition) is 0. The molecule has 1 aliphatic heterocycles. The lowest BCUT2D eigenvalue weighted by Crippen LogP contribution is -2.51. The minimum absolute atomic E-state index is 0.0489. The highest BCUT2D eigenvalue weighted by Crippen LogP contribution is 2.19. The Hall–Kier alpha value is -1.07. The highest BCUT2D eigenvalue weighted by Gasteiger charge is 2.29. The van der Waals surface area contributed by atoms with Crippen LogP contribution in [0.4, 0.5) is 0 Å². The number of rotatable bonds is 4. The summed E-state index contributed by atoms with van der Waals surface area (Å²) >= 11 is 3.42. The molecule has 1 aliphatic rings. The van der Waals surface area contributed by atoms with Crippen LogP contribution in [0.2, 0.25) is 0 Å². The van der Waals surface area contributed by atoms with E-state index in [0.717, 1.165) is 11.1 Å². The third-order valence-electron chi connectivity index (χ3n) is 3.41. The quantitative estimate of drug-likeness (QED) is 0.779. The van der Waals surface area contributed by atoms with Gasteiger partial charge in [-0.2, -0.15) is 0 Å². The molecule has 1 heterocycles. The summed E-state index contributed by atoms with van der Waals surface area (Å²) in [5.41, 5.74) is 0.688. The molecular formula is C16H22BrNO3. The molecule has 0 spiro atoms. The van der Waals surface area contributed by atoms with Crippen LogP contribution < -0.4 is 4.74 Å². The smallest absolute Gasteiger partial charge is 0.254 e. The third kappa shape index (κ3) is 4.20. The average Bonchev–Trinajstić information content (AvgIpc) is 2.47. The summed E-state index contributed by atoms with van der Waals surface area (Å²) in [5.74, 6) is 0.836. The van der Waals surface area contributed by atoms with Crippen LogP contribution in [0.1, 0.15) is 31.1 Å². The molecule has 1 amide bonds. The molecule has 21 heavy (non-hydrogen) atoms. The lowest BCUT2D eigenvalue weighted by atomic mass is 10.1. The number of carbonyl (C=O) groups is 1. The fourth-order valence-corrected chi connectivity index (χ4v) is 2.70. The predicted molar refractivity (Wildman–Crippen MR) is 86.2 cm³/mol. The van der Waals surface area contributed by atoms with Crippen molar-refractivity contribution >= 4 is 21.8 Å². The zero-order chi connectivity index (χ0) is 15.4. The largest absolute Gasteiger partial charge is 0.491 e. The van der Waals surface area contributed by atoms with E-state index in [1.807, 2.05) is 49.9 Å². The summed E-state index contributed by atoms with van der Waals surface area (Å²) in [7, 11) is 0. The van der Waals surface area contributed by atoms with Crippen molar-refractivity contribution in [1.82, 2.24) is 4.90 Å². The van der Waals surface area contributed by atoms with Crippen LogP contribution in [0.25, 0.3) is 0 Å². The maximum atomic E-state index is 12.6. The number of alkyl halides is 1. The average molecular weight is 356 g/mol. The lowest BCUT2D eigenvalue weighted by Gasteiger charge is -2.37. The second-order valence-electron chi connectivity index (χ2n) is 5.61. The third-order valence-corrected chi connectivity index (χ3v) is 4.13. The second kappa shape index (κ2) is 7.27. The zero-order valence-corrected chi connectivity index (χ0v) is 14.3. The molecule has 1 aromatic rings. The summed E-state index contributed by atoms with van der Waals surface area (Å²) in [6.07, 6.45) is 0.194. The van der Waals surface area contributed by atoms with Crippen LogP contribution in [-0.2, 0) is 4.74 Å². The SMILES string of the molecule is CC(C)Oc1ccc(C(=O)N2CC(CBr)OCC2C)cc1. The minimum atomic E-state index is 0.0489. The molecule has 1 fully saturated rings. The van der Waals surface area contributed by atoms with E-state index in [1.54, 1.807) is 0 Å². The van der Waals surface area contributed by atoms with Gasteiger partial charge in [-0.1, -0.05) is 15.9 Å². The molecule has 1 aromatic carbocycles. The van der Waals surface area contributed by atoms with E-state index >= 15 is 0 Å². The second-order valence-corrected chi connectivity index (χ2v) is 6.25. The van der Waals surface area contributed by atoms with E-state index in [0.29, 0.717) is 18.7 Å². The molecule has 4 nitrogen and oxygen atoms in total. The van der Waals surface area contributed by atoms with Gasteiger partial charge in [0.15, 0.2) is 0 Å². The molecule has 116 valence electrons. The Labute approximate surface area is 134 Å². The van der Waals surface area contributed by atoms with Crippen molar-refractivity contribution in [2.45, 2.75) is 39.0 Å². The van der Waals surface area contributed by atoms with Crippen molar-refractivity contribution in [3.05, 3.63) is 29.8 Å². The minimum Gasteiger partial charge on any atom is -0.491 e. The summed E-state index contributed by atoms with van der Waals surface area (Å²) in [6, 6.07) is 7.44. The first kappa shape index (κ1) is 16.3. The number of ether oxygens (including phenoxy) is 2. The van der Waals surface area contributed by atoms with Crippen LogP contribution in [0.5, 0.6) is 5.75 Å². The number of amides is 1. The van der Waals surface area contributed by atoms with Gasteiger partial charge < -0.3 is 14.4 Å². The molecular weight excluding hydrogens is 334 g/mol. The topological polar surface area (TPSA) is 38.8 Å². The Balaban J connectivity index is 2.07. The van der Waals surface area contributed by atoms with Gasteiger partial charge in [-0.3, -0.25) is 4.79 Å². The molecule has 1 saturated heterocycles. The fraction of sp³-hybridized carbons (Fsp3) is 0.562. The normalized spacial score (nSPS) is 22.4. The Bertz CT molecular complexity index is 475. The molecule has 0 N–H and O–H groups in total. The highest BCUT2D eigenvalue weighted by molar-refractivity contribution is 9.09. The number of halogens is 1. The highest BCUT2D eigenvalue weighted by atomic mass is 79.9. The fourth-order valence-electron chi connectivity index (χ4n) is 2.31. The Kier molecular flexibility index (Phi) is 5.65. The monoisotopic (exact) mass is 355 g/mol. The van der Waals surface area contributed by atoms with Gasteiger partial charge >= 0.3 is 0 Å². The van der Waals surface area contributed by atoms with Gasteiger partial charge in [0.25, 0.3) is 5.91 Å². The van der Waals surface area contributed by atoms with Gasteiger partial charge in [0.05, 0.1) is 24.9 Å². The van der Waals surface area contributed by atoms with Crippen molar-refractivity contribution in [2.75, 3.05) is 18.5 Å². The molecule has 0 aromatic heterocycles. The van der Waals surface area contributed by atoms with Crippen molar-refractivity contribution in [2.24, 2.45) is 0 Å². The molecule has 2 unspecified atom stereocenters. The maximum absolute atomic E-state index is 12.6. The first-order chi connectivity index (χ1) is 10.0. The Morgan fingerprint density at radius 2 is 2.10 bits per heavy atom. The Morgan fingerprint density at radius 3 is 2.67 bits per heavy atom. The first-order valence-corrected chi connectivity index (χ1v) is 8.38. The molecule has 5 heteroatoms. The van der Waals surface area contributed by atoms with Crippen molar-refractivity contribution < 1.29 is 14.3 Å². The van der Waals surface area contributed by atoms with E-state index in [9.17, 15) is 4.79 Å². The van der Waals surface area contributed by atoms with E-state index in [4.69, 9.17) is 9.47 Å². The van der Waals surface area contributed by atoms with Crippen LogP contribution in [0, 0.1) is 0 Å². The number of morpholine rings is 1. The Morgan fingerprint density at radius 1 is 1.43 bits per heavy atom. The van der Waals surface area contributed by atoms with Crippen LogP contribution in [-0.4, -0.2) is 47.5 Å². The maximum Gasteiger partial charge on any atom is 0.254 e. The zero-order valence-electron chi connectivity index (χ0n) is 12.7. The van der Waals surface area contributed by atoms with Gasteiger partial charge in [-0.25, -0.2) is 0 Å². The molecule has 2 atom stereocenters. The van der Waals surface area contributed by atoms with E-state index in [-0.39, 0.29) is 24.2 Å². The lowest BCUT2D eigenvalue weighted by molar-refractivity contribution is -0.0361. The van der Waals surface area contributed by atoms with Gasteiger partial charge in [-0.15, -0.1) is 0 Å². The number of hydrogen-bond acceptors (Lipinski definition) is 3. The van der Waals surface area contributed by atoms with E-state index in [2.05, 4.69) is 15.9 Å². The van der Waals surface area contributed by atoms with Gasteiger partial charge in [-0.05, 0) is 45.0 Å². The van der Waals surface area contributed by atoms with Crippen molar-refractivity contribution in [3.63, 3.8) is 0 Å². The standard InChI is InChI=1S/C16H22BrNO3/c1-11(2)21-14-6-4-13(5-7-14)16(19)18-9-15(8-17)20-10-12(18)3/h4-7,11-12,15H,8-10H2,1-3H3. The van der Waals surface area contributed by atoms with Gasteiger partial charge in [0.1, 0.15) is 5.75 Å². The van der Waals surface area contributed by atoms with Gasteiger partial charge in [0, 0.05) is 17.4 Å². The summed E-state index contributed by atoms with van der Waals surface area (Å²) < 4.78 is 11.3. The molecule has 0 bridgehead atoms. The van der Waals surface area contributed by atoms with Gasteiger partial charge in [0.2, 0.25) is 0 Å². The molecule has 2 rings (SSSR count).